The van der Waals surface area contributed by atoms with Gasteiger partial charge in [0.25, 0.3) is 0 Å². The molecule has 2 aliphatic rings. The zero-order valence-corrected chi connectivity index (χ0v) is 11.4. The number of nitrogens with zero attached hydrogens (tertiary/aromatic N) is 1. The van der Waals surface area contributed by atoms with Gasteiger partial charge in [-0.15, -0.1) is 0 Å². The van der Waals surface area contributed by atoms with Crippen LogP contribution < -0.4 is 0 Å². The van der Waals surface area contributed by atoms with Crippen molar-refractivity contribution in [2.45, 2.75) is 53.4 Å². The molecule has 0 spiro atoms. The summed E-state index contributed by atoms with van der Waals surface area (Å²) in [5.41, 5.74) is 0.569. The van der Waals surface area contributed by atoms with E-state index < -0.39 is 0 Å². The fourth-order valence-electron chi connectivity index (χ4n) is 4.40. The fourth-order valence-corrected chi connectivity index (χ4v) is 4.40. The van der Waals surface area contributed by atoms with Gasteiger partial charge in [0, 0.05) is 5.41 Å². The van der Waals surface area contributed by atoms with Crippen molar-refractivity contribution in [2.75, 3.05) is 0 Å². The lowest BCUT2D eigenvalue weighted by molar-refractivity contribution is -0.0201. The van der Waals surface area contributed by atoms with Gasteiger partial charge in [0.2, 0.25) is 0 Å². The van der Waals surface area contributed by atoms with Crippen molar-refractivity contribution >= 4 is 0 Å². The molecule has 1 N–H and O–H groups in total. The van der Waals surface area contributed by atoms with E-state index in [0.29, 0.717) is 17.3 Å². The molecular weight excluding hydrogens is 210 g/mol. The molecule has 2 nitrogen and oxygen atoms in total. The molecule has 0 aliphatic heterocycles. The minimum absolute atomic E-state index is 0.193. The maximum Gasteiger partial charge on any atom is 0.112 e. The van der Waals surface area contributed by atoms with Gasteiger partial charge in [0.05, 0.1) is 11.6 Å². The van der Waals surface area contributed by atoms with Gasteiger partial charge >= 0.3 is 0 Å². The van der Waals surface area contributed by atoms with Crippen molar-refractivity contribution in [1.82, 2.24) is 0 Å². The van der Waals surface area contributed by atoms with Crippen molar-refractivity contribution < 1.29 is 5.11 Å². The first-order chi connectivity index (χ1) is 7.81. The number of aliphatic hydroxyl groups excluding tert-OH is 1. The van der Waals surface area contributed by atoms with E-state index in [2.05, 4.69) is 33.8 Å². The average molecular weight is 233 g/mol. The maximum atomic E-state index is 10.3. The second-order valence-electron chi connectivity index (χ2n) is 6.93. The molecule has 0 aromatic heterocycles. The van der Waals surface area contributed by atoms with E-state index in [1.807, 2.05) is 0 Å². The summed E-state index contributed by atoms with van der Waals surface area (Å²) in [5, 5.41) is 19.5. The molecule has 0 radical (unpaired) electrons. The molecule has 0 bridgehead atoms. The highest BCUT2D eigenvalue weighted by Gasteiger charge is 2.52. The highest BCUT2D eigenvalue weighted by Crippen LogP contribution is 2.59. The van der Waals surface area contributed by atoms with Crippen LogP contribution in [0.3, 0.4) is 0 Å². The zero-order valence-electron chi connectivity index (χ0n) is 11.4. The van der Waals surface area contributed by atoms with Crippen LogP contribution in [0.2, 0.25) is 0 Å². The molecule has 0 amide bonds. The van der Waals surface area contributed by atoms with Gasteiger partial charge in [0.1, 0.15) is 5.76 Å². The summed E-state index contributed by atoms with van der Waals surface area (Å²) in [5.74, 6) is 1.59. The molecule has 1 fully saturated rings. The summed E-state index contributed by atoms with van der Waals surface area (Å²) >= 11 is 0. The van der Waals surface area contributed by atoms with Gasteiger partial charge < -0.3 is 5.11 Å². The Morgan fingerprint density at radius 1 is 1.29 bits per heavy atom. The Bertz CT molecular complexity index is 402. The lowest BCUT2D eigenvalue weighted by atomic mass is 9.51. The number of hydrogen-bond acceptors (Lipinski definition) is 2. The monoisotopic (exact) mass is 233 g/mol. The normalized spacial score (nSPS) is 40.6. The van der Waals surface area contributed by atoms with Crippen LogP contribution in [0.4, 0.5) is 0 Å². The first kappa shape index (κ1) is 12.5. The number of aliphatic hydroxyl groups is 1. The van der Waals surface area contributed by atoms with Crippen molar-refractivity contribution in [3.05, 3.63) is 11.3 Å². The third-order valence-corrected chi connectivity index (χ3v) is 5.09. The quantitative estimate of drug-likeness (QED) is 0.681. The number of hydrogen-bond donors (Lipinski definition) is 1. The predicted molar refractivity (Wildman–Crippen MR) is 68.3 cm³/mol. The van der Waals surface area contributed by atoms with Crippen LogP contribution in [0.1, 0.15) is 53.4 Å². The Kier molecular flexibility index (Phi) is 2.77. The number of allylic oxidation sites excluding steroid dienone is 2. The van der Waals surface area contributed by atoms with Crippen molar-refractivity contribution in [3.8, 4) is 6.07 Å². The lowest BCUT2D eigenvalue weighted by Crippen LogP contribution is -2.46. The van der Waals surface area contributed by atoms with Gasteiger partial charge in [-0.3, -0.25) is 0 Å². The predicted octanol–water partition coefficient (Wildman–Crippen LogP) is 4.19. The van der Waals surface area contributed by atoms with E-state index in [1.165, 1.54) is 19.3 Å². The topological polar surface area (TPSA) is 44.0 Å². The van der Waals surface area contributed by atoms with Crippen LogP contribution in [0.5, 0.6) is 0 Å². The van der Waals surface area contributed by atoms with Crippen LogP contribution in [0, 0.1) is 34.0 Å². The lowest BCUT2D eigenvalue weighted by Gasteiger charge is -2.54. The van der Waals surface area contributed by atoms with Crippen molar-refractivity contribution in [2.24, 2.45) is 22.7 Å². The molecule has 2 rings (SSSR count). The Balaban J connectivity index is 2.46. The molecule has 0 aromatic rings. The average Bonchev–Trinajstić information content (AvgIpc) is 2.23. The minimum Gasteiger partial charge on any atom is -0.511 e. The Morgan fingerprint density at radius 2 is 1.94 bits per heavy atom. The van der Waals surface area contributed by atoms with E-state index in [4.69, 9.17) is 0 Å². The van der Waals surface area contributed by atoms with Crippen LogP contribution in [-0.4, -0.2) is 5.11 Å². The Hall–Kier alpha value is -0.970. The molecule has 2 heteroatoms. The Morgan fingerprint density at radius 3 is 2.53 bits per heavy atom. The van der Waals surface area contributed by atoms with E-state index in [9.17, 15) is 10.4 Å². The van der Waals surface area contributed by atoms with Crippen molar-refractivity contribution in [1.29, 1.82) is 5.26 Å². The van der Waals surface area contributed by atoms with Gasteiger partial charge in [-0.25, -0.2) is 0 Å². The fraction of sp³-hybridized carbons (Fsp3) is 0.800. The minimum atomic E-state index is -0.238. The third kappa shape index (κ3) is 1.76. The zero-order chi connectivity index (χ0) is 12.8. The van der Waals surface area contributed by atoms with Crippen molar-refractivity contribution in [3.63, 3.8) is 0 Å². The maximum absolute atomic E-state index is 10.3. The van der Waals surface area contributed by atoms with Gasteiger partial charge in [-0.1, -0.05) is 34.1 Å². The van der Waals surface area contributed by atoms with Crippen LogP contribution >= 0.6 is 0 Å². The molecule has 1 saturated carbocycles. The van der Waals surface area contributed by atoms with Crippen LogP contribution in [-0.2, 0) is 0 Å². The van der Waals surface area contributed by atoms with Crippen LogP contribution in [0.25, 0.3) is 0 Å². The van der Waals surface area contributed by atoms with E-state index in [-0.39, 0.29) is 10.8 Å². The van der Waals surface area contributed by atoms with Gasteiger partial charge in [-0.05, 0) is 36.5 Å². The molecular formula is C15H23NO. The molecule has 94 valence electrons. The first-order valence-corrected chi connectivity index (χ1v) is 6.64. The third-order valence-electron chi connectivity index (χ3n) is 5.09. The highest BCUT2D eigenvalue weighted by atomic mass is 16.3. The standard InChI is InChI=1S/C15H23NO/c1-10-5-6-12-14(2,3)13(17)11(9-16)8-15(12,4)7-10/h10,12,17H,5-8H2,1-4H3. The molecule has 3 unspecified atom stereocenters. The summed E-state index contributed by atoms with van der Waals surface area (Å²) in [6.07, 6.45) is 4.36. The van der Waals surface area contributed by atoms with Crippen LogP contribution in [0.15, 0.2) is 11.3 Å². The SMILES string of the molecule is CC1CCC2C(C)(CC(C#N)=C(O)C2(C)C)C1. The number of rotatable bonds is 0. The molecule has 0 saturated heterocycles. The summed E-state index contributed by atoms with van der Waals surface area (Å²) in [7, 11) is 0. The molecule has 17 heavy (non-hydrogen) atoms. The molecule has 0 aromatic carbocycles. The van der Waals surface area contributed by atoms with E-state index >= 15 is 0 Å². The smallest absolute Gasteiger partial charge is 0.112 e. The summed E-state index contributed by atoms with van der Waals surface area (Å²) < 4.78 is 0. The molecule has 3 atom stereocenters. The second kappa shape index (κ2) is 3.77. The van der Waals surface area contributed by atoms with Gasteiger partial charge in [0.15, 0.2) is 0 Å². The second-order valence-corrected chi connectivity index (χ2v) is 6.93. The Labute approximate surface area is 104 Å². The number of nitriles is 1. The summed E-state index contributed by atoms with van der Waals surface area (Å²) in [6, 6.07) is 2.21. The largest absolute Gasteiger partial charge is 0.511 e. The van der Waals surface area contributed by atoms with E-state index in [0.717, 1.165) is 12.3 Å². The molecule has 0 heterocycles. The summed E-state index contributed by atoms with van der Waals surface area (Å²) in [6.45, 7) is 8.80. The highest BCUT2D eigenvalue weighted by molar-refractivity contribution is 5.33. The van der Waals surface area contributed by atoms with E-state index in [1.54, 1.807) is 0 Å². The summed E-state index contributed by atoms with van der Waals surface area (Å²) in [4.78, 5) is 0. The first-order valence-electron chi connectivity index (χ1n) is 6.64. The molecule has 2 aliphatic carbocycles. The van der Waals surface area contributed by atoms with Gasteiger partial charge in [-0.2, -0.15) is 5.26 Å². The number of fused-ring (bicyclic) bond motifs is 1.